The molecule has 11 heteroatoms. The normalized spacial score (nSPS) is 9.83. The molecule has 9 N–H and O–H groups in total. The third-order valence-corrected chi connectivity index (χ3v) is 5.53. The number of hydrogen-bond donors (Lipinski definition) is 5. The lowest BCUT2D eigenvalue weighted by atomic mass is 10.0. The van der Waals surface area contributed by atoms with Gasteiger partial charge in [-0.3, -0.25) is 0 Å². The Bertz CT molecular complexity index is 1450. The first-order valence-electron chi connectivity index (χ1n) is 12.5. The van der Waals surface area contributed by atoms with Crippen molar-refractivity contribution in [2.24, 2.45) is 0 Å². The smallest absolute Gasteiger partial charge is 0.347 e. The molecule has 0 radical (unpaired) electrons. The summed E-state index contributed by atoms with van der Waals surface area (Å²) in [6, 6.07) is 19.8. The van der Waals surface area contributed by atoms with Crippen LogP contribution >= 0.6 is 0 Å². The fraction of sp³-hybridized carbons (Fsp3) is 0.167. The molecule has 0 aromatic heterocycles. The van der Waals surface area contributed by atoms with E-state index in [2.05, 4.69) is 0 Å². The number of carbonyl (C=O) groups excluding carboxylic acids is 1. The van der Waals surface area contributed by atoms with E-state index in [1.54, 1.807) is 55.6 Å². The molecule has 0 aliphatic rings. The van der Waals surface area contributed by atoms with Crippen LogP contribution in [0, 0.1) is 5.82 Å². The lowest BCUT2D eigenvalue weighted by Gasteiger charge is -2.12. The highest BCUT2D eigenvalue weighted by atomic mass is 19.1. The Morgan fingerprint density at radius 3 is 1.95 bits per heavy atom. The fourth-order valence-corrected chi connectivity index (χ4v) is 3.54. The molecular formula is C30H36FN4O6+. The van der Waals surface area contributed by atoms with Gasteiger partial charge in [0.15, 0.2) is 11.5 Å². The second-order valence-corrected chi connectivity index (χ2v) is 8.08. The number of anilines is 3. The number of ether oxygens (including phenoxy) is 4. The molecule has 0 spiro atoms. The van der Waals surface area contributed by atoms with Crippen molar-refractivity contribution in [1.29, 1.82) is 0 Å². The molecule has 41 heavy (non-hydrogen) atoms. The Kier molecular flexibility index (Phi) is 12.2. The van der Waals surface area contributed by atoms with Gasteiger partial charge in [-0.25, -0.2) is 14.4 Å². The van der Waals surface area contributed by atoms with Gasteiger partial charge in [0.1, 0.15) is 34.2 Å². The third kappa shape index (κ3) is 8.49. The van der Waals surface area contributed by atoms with E-state index in [0.29, 0.717) is 34.3 Å². The number of rotatable bonds is 7. The van der Waals surface area contributed by atoms with Crippen LogP contribution in [0.5, 0.6) is 23.0 Å². The maximum Gasteiger partial charge on any atom is 0.347 e. The van der Waals surface area contributed by atoms with Crippen LogP contribution < -0.4 is 41.6 Å². The lowest BCUT2D eigenvalue weighted by molar-refractivity contribution is -0.825. The summed E-state index contributed by atoms with van der Waals surface area (Å²) in [5, 5.41) is 9.05. The first-order valence-corrected chi connectivity index (χ1v) is 12.5. The first kappa shape index (κ1) is 32.2. The van der Waals surface area contributed by atoms with E-state index in [1.165, 1.54) is 20.3 Å². The molecule has 0 fully saturated rings. The summed E-state index contributed by atoms with van der Waals surface area (Å²) < 4.78 is 33.6. The zero-order valence-corrected chi connectivity index (χ0v) is 23.6. The highest BCUT2D eigenvalue weighted by Gasteiger charge is 2.16. The molecule has 0 aliphatic carbocycles. The number of benzene rings is 4. The maximum atomic E-state index is 12.7. The summed E-state index contributed by atoms with van der Waals surface area (Å²) in [5.41, 5.74) is 20.9. The van der Waals surface area contributed by atoms with Gasteiger partial charge in [-0.1, -0.05) is 13.8 Å². The Labute approximate surface area is 238 Å². The molecule has 0 bridgehead atoms. The highest BCUT2D eigenvalue weighted by molar-refractivity contribution is 5.94. The minimum Gasteiger partial charge on any atom is -0.496 e. The summed E-state index contributed by atoms with van der Waals surface area (Å²) in [4.78, 5) is 12.5. The largest absolute Gasteiger partial charge is 0.496 e. The van der Waals surface area contributed by atoms with E-state index in [1.807, 2.05) is 26.0 Å². The number of nitrogens with two attached hydrogens (primary N) is 4. The molecular weight excluding hydrogens is 531 g/mol. The number of esters is 1. The SMILES string of the molecule is CC.COc1cc(N)cc(F)c1N.COc1cc(N)ccc1C(=O)Oc1ccc(-c2ccc([NH2+]O)cc2)c(OC)c1. The zero-order chi connectivity index (χ0) is 30.5. The van der Waals surface area contributed by atoms with Crippen molar-refractivity contribution in [1.82, 2.24) is 0 Å². The summed E-state index contributed by atoms with van der Waals surface area (Å²) in [6.45, 7) is 4.00. The van der Waals surface area contributed by atoms with Gasteiger partial charge < -0.3 is 36.1 Å². The molecule has 4 rings (SSSR count). The molecule has 4 aromatic carbocycles. The average Bonchev–Trinajstić information content (AvgIpc) is 3.00. The molecule has 0 aliphatic heterocycles. The van der Waals surface area contributed by atoms with E-state index >= 15 is 0 Å². The van der Waals surface area contributed by atoms with Crippen molar-refractivity contribution >= 4 is 28.7 Å². The van der Waals surface area contributed by atoms with Crippen LogP contribution in [0.15, 0.2) is 72.8 Å². The van der Waals surface area contributed by atoms with E-state index in [-0.39, 0.29) is 17.0 Å². The Morgan fingerprint density at radius 1 is 0.756 bits per heavy atom. The predicted octanol–water partition coefficient (Wildman–Crippen LogP) is 4.78. The summed E-state index contributed by atoms with van der Waals surface area (Å²) in [5.74, 6) is 0.383. The molecule has 10 nitrogen and oxygen atoms in total. The van der Waals surface area contributed by atoms with Crippen LogP contribution in [0.4, 0.5) is 27.1 Å². The van der Waals surface area contributed by atoms with Crippen LogP contribution in [-0.4, -0.2) is 32.5 Å². The van der Waals surface area contributed by atoms with E-state index < -0.39 is 11.8 Å². The van der Waals surface area contributed by atoms with Gasteiger partial charge in [0.25, 0.3) is 0 Å². The molecule has 0 saturated heterocycles. The van der Waals surface area contributed by atoms with E-state index in [9.17, 15) is 9.18 Å². The lowest BCUT2D eigenvalue weighted by Crippen LogP contribution is -2.73. The summed E-state index contributed by atoms with van der Waals surface area (Å²) in [6.07, 6.45) is 0. The monoisotopic (exact) mass is 567 g/mol. The molecule has 0 heterocycles. The minimum atomic E-state index is -0.561. The topological polar surface area (TPSA) is 169 Å². The number of methoxy groups -OCH3 is 3. The van der Waals surface area contributed by atoms with Gasteiger partial charge in [0, 0.05) is 47.3 Å². The second-order valence-electron chi connectivity index (χ2n) is 8.08. The number of carbonyl (C=O) groups is 1. The van der Waals surface area contributed by atoms with Gasteiger partial charge in [0.2, 0.25) is 0 Å². The quantitative estimate of drug-likeness (QED) is 0.0913. The molecule has 0 atom stereocenters. The Balaban J connectivity index is 0.000000378. The second kappa shape index (κ2) is 15.6. The van der Waals surface area contributed by atoms with Crippen LogP contribution in [0.25, 0.3) is 11.1 Å². The van der Waals surface area contributed by atoms with Crippen LogP contribution in [0.3, 0.4) is 0 Å². The van der Waals surface area contributed by atoms with Gasteiger partial charge in [-0.15, -0.1) is 0 Å². The number of nitrogen functional groups attached to an aromatic ring is 3. The first-order chi connectivity index (χ1) is 19.7. The van der Waals surface area contributed by atoms with Gasteiger partial charge in [-0.05, 0) is 48.0 Å². The maximum absolute atomic E-state index is 12.7. The zero-order valence-electron chi connectivity index (χ0n) is 23.6. The predicted molar refractivity (Wildman–Crippen MR) is 157 cm³/mol. The molecule has 0 amide bonds. The van der Waals surface area contributed by atoms with Gasteiger partial charge in [0.05, 0.1) is 21.3 Å². The van der Waals surface area contributed by atoms with Crippen molar-refractivity contribution in [3.8, 4) is 34.1 Å². The van der Waals surface area contributed by atoms with Crippen molar-refractivity contribution in [2.45, 2.75) is 13.8 Å². The fourth-order valence-electron chi connectivity index (χ4n) is 3.54. The van der Waals surface area contributed by atoms with Crippen LogP contribution in [0.1, 0.15) is 24.2 Å². The van der Waals surface area contributed by atoms with Crippen molar-refractivity contribution < 1.29 is 38.8 Å². The van der Waals surface area contributed by atoms with Crippen molar-refractivity contribution in [3.63, 3.8) is 0 Å². The Morgan fingerprint density at radius 2 is 1.37 bits per heavy atom. The van der Waals surface area contributed by atoms with Gasteiger partial charge in [-0.2, -0.15) is 5.48 Å². The molecule has 218 valence electrons. The summed E-state index contributed by atoms with van der Waals surface area (Å²) >= 11 is 0. The third-order valence-electron chi connectivity index (χ3n) is 5.53. The molecule has 4 aromatic rings. The van der Waals surface area contributed by atoms with Gasteiger partial charge >= 0.3 is 5.97 Å². The molecule has 0 unspecified atom stereocenters. The number of quaternary nitrogens is 1. The Hall–Kier alpha value is -5.00. The number of hydrogen-bond acceptors (Lipinski definition) is 9. The van der Waals surface area contributed by atoms with Crippen molar-refractivity contribution in [2.75, 3.05) is 38.5 Å². The van der Waals surface area contributed by atoms with Crippen molar-refractivity contribution in [3.05, 3.63) is 84.2 Å². The molecule has 0 saturated carbocycles. The highest BCUT2D eigenvalue weighted by Crippen LogP contribution is 2.34. The summed E-state index contributed by atoms with van der Waals surface area (Å²) in [7, 11) is 4.41. The number of halogens is 1. The van der Waals surface area contributed by atoms with E-state index in [0.717, 1.165) is 22.7 Å². The van der Waals surface area contributed by atoms with E-state index in [4.69, 9.17) is 41.4 Å². The van der Waals surface area contributed by atoms with Crippen LogP contribution in [0.2, 0.25) is 0 Å². The standard InChI is InChI=1S/C21H20N2O5.C7H9FN2O.C2H6/c1-26-19-11-14(22)5-9-18(19)21(24)28-16-8-10-17(20(12-16)27-2)13-3-6-15(23-25)7-4-13;1-11-6-3-4(9)2-5(8)7(6)10;1-2/h3-12,23,25H,22H2,1-2H3;2-3H,9-10H2,1H3;1-2H3/p+1. The van der Waals surface area contributed by atoms with Crippen LogP contribution in [-0.2, 0) is 0 Å². The average molecular weight is 568 g/mol. The minimum absolute atomic E-state index is 0.0123.